The number of anilines is 1. The van der Waals surface area contributed by atoms with Crippen LogP contribution in [0, 0.1) is 5.92 Å². The Morgan fingerprint density at radius 2 is 1.96 bits per heavy atom. The maximum absolute atomic E-state index is 12.6. The maximum atomic E-state index is 12.6. The van der Waals surface area contributed by atoms with Gasteiger partial charge in [-0.15, -0.1) is 0 Å². The van der Waals surface area contributed by atoms with E-state index < -0.39 is 10.0 Å². The molecule has 1 saturated heterocycles. The van der Waals surface area contributed by atoms with Crippen molar-refractivity contribution in [2.45, 2.75) is 24.2 Å². The van der Waals surface area contributed by atoms with E-state index >= 15 is 0 Å². The first-order valence-electron chi connectivity index (χ1n) is 7.70. The first kappa shape index (κ1) is 16.2. The molecule has 1 aliphatic carbocycles. The van der Waals surface area contributed by atoms with Crippen LogP contribution in [0.5, 0.6) is 5.75 Å². The molecule has 0 radical (unpaired) electrons. The summed E-state index contributed by atoms with van der Waals surface area (Å²) in [6, 6.07) is 3.96. The zero-order valence-electron chi connectivity index (χ0n) is 12.7. The molecule has 126 valence electrons. The van der Waals surface area contributed by atoms with Gasteiger partial charge in [0.15, 0.2) is 0 Å². The number of hydrogen-bond acceptors (Lipinski definition) is 5. The van der Waals surface area contributed by atoms with Crippen LogP contribution in [0.25, 0.3) is 0 Å². The lowest BCUT2D eigenvalue weighted by Gasteiger charge is -2.26. The van der Waals surface area contributed by atoms with Crippen LogP contribution < -0.4 is 5.32 Å². The number of sulfonamides is 1. The summed E-state index contributed by atoms with van der Waals surface area (Å²) in [6.07, 6.45) is 2.69. The third kappa shape index (κ3) is 3.34. The van der Waals surface area contributed by atoms with Gasteiger partial charge in [-0.1, -0.05) is 6.42 Å². The summed E-state index contributed by atoms with van der Waals surface area (Å²) < 4.78 is 31.7. The summed E-state index contributed by atoms with van der Waals surface area (Å²) in [4.78, 5) is 12.1. The third-order valence-electron chi connectivity index (χ3n) is 4.31. The second-order valence-electron chi connectivity index (χ2n) is 5.81. The highest BCUT2D eigenvalue weighted by Gasteiger charge is 2.29. The summed E-state index contributed by atoms with van der Waals surface area (Å²) in [7, 11) is -3.66. The van der Waals surface area contributed by atoms with Gasteiger partial charge in [0.2, 0.25) is 15.9 Å². The second kappa shape index (κ2) is 6.46. The topological polar surface area (TPSA) is 95.9 Å². The minimum Gasteiger partial charge on any atom is -0.506 e. The Morgan fingerprint density at radius 1 is 1.26 bits per heavy atom. The van der Waals surface area contributed by atoms with E-state index in [0.29, 0.717) is 26.3 Å². The number of morpholine rings is 1. The number of rotatable bonds is 4. The zero-order chi connectivity index (χ0) is 16.4. The number of aromatic hydroxyl groups is 1. The Labute approximate surface area is 135 Å². The molecule has 2 N–H and O–H groups in total. The number of ether oxygens (including phenoxy) is 1. The van der Waals surface area contributed by atoms with E-state index in [1.807, 2.05) is 0 Å². The van der Waals surface area contributed by atoms with Crippen molar-refractivity contribution >= 4 is 21.6 Å². The maximum Gasteiger partial charge on any atom is 0.243 e. The molecule has 0 atom stereocenters. The van der Waals surface area contributed by atoms with Gasteiger partial charge in [-0.3, -0.25) is 4.79 Å². The number of phenolic OH excluding ortho intramolecular Hbond substituents is 1. The number of amides is 1. The lowest BCUT2D eigenvalue weighted by molar-refractivity contribution is -0.122. The molecule has 0 spiro atoms. The van der Waals surface area contributed by atoms with Crippen LogP contribution in [-0.2, 0) is 19.6 Å². The van der Waals surface area contributed by atoms with Gasteiger partial charge < -0.3 is 15.2 Å². The molecule has 7 nitrogen and oxygen atoms in total. The first-order chi connectivity index (χ1) is 11.0. The fourth-order valence-electron chi connectivity index (χ4n) is 2.62. The first-order valence-corrected chi connectivity index (χ1v) is 9.14. The molecule has 23 heavy (non-hydrogen) atoms. The number of phenols is 1. The van der Waals surface area contributed by atoms with Crippen molar-refractivity contribution in [2.24, 2.45) is 5.92 Å². The number of nitrogens with one attached hydrogen (secondary N) is 1. The highest BCUT2D eigenvalue weighted by atomic mass is 32.2. The molecule has 1 aromatic carbocycles. The van der Waals surface area contributed by atoms with Crippen molar-refractivity contribution < 1.29 is 23.1 Å². The SMILES string of the molecule is O=C(Nc1cc(S(=O)(=O)N2CCOCC2)ccc1O)C1CCC1. The van der Waals surface area contributed by atoms with Gasteiger partial charge in [-0.25, -0.2) is 8.42 Å². The van der Waals surface area contributed by atoms with E-state index in [9.17, 15) is 18.3 Å². The van der Waals surface area contributed by atoms with Gasteiger partial charge in [-0.05, 0) is 31.0 Å². The van der Waals surface area contributed by atoms with Gasteiger partial charge in [0, 0.05) is 19.0 Å². The van der Waals surface area contributed by atoms with Crippen LogP contribution in [0.2, 0.25) is 0 Å². The predicted molar refractivity (Wildman–Crippen MR) is 83.7 cm³/mol. The minimum absolute atomic E-state index is 0.0473. The standard InChI is InChI=1S/C15H20N2O5S/c18-14-5-4-12(23(20,21)17-6-8-22-9-7-17)10-13(14)16-15(19)11-2-1-3-11/h4-5,10-11,18H,1-3,6-9H2,(H,16,19). The van der Waals surface area contributed by atoms with Gasteiger partial charge in [0.1, 0.15) is 5.75 Å². The average molecular weight is 340 g/mol. The van der Waals surface area contributed by atoms with E-state index in [4.69, 9.17) is 4.74 Å². The molecule has 1 aliphatic heterocycles. The van der Waals surface area contributed by atoms with Crippen molar-refractivity contribution in [1.29, 1.82) is 0 Å². The monoisotopic (exact) mass is 340 g/mol. The van der Waals surface area contributed by atoms with Gasteiger partial charge in [-0.2, -0.15) is 4.31 Å². The van der Waals surface area contributed by atoms with Crippen molar-refractivity contribution in [3.8, 4) is 5.75 Å². The third-order valence-corrected chi connectivity index (χ3v) is 6.20. The Hall–Kier alpha value is -1.64. The van der Waals surface area contributed by atoms with E-state index in [2.05, 4.69) is 5.32 Å². The van der Waals surface area contributed by atoms with Crippen LogP contribution in [0.3, 0.4) is 0 Å². The summed E-state index contributed by atoms with van der Waals surface area (Å²) >= 11 is 0. The normalized spacial score (nSPS) is 20.0. The van der Waals surface area contributed by atoms with Crippen molar-refractivity contribution in [1.82, 2.24) is 4.31 Å². The number of carbonyl (C=O) groups is 1. The Bertz CT molecular complexity index is 694. The van der Waals surface area contributed by atoms with Crippen LogP contribution in [0.1, 0.15) is 19.3 Å². The summed E-state index contributed by atoms with van der Waals surface area (Å²) in [5, 5.41) is 12.5. The quantitative estimate of drug-likeness (QED) is 0.802. The predicted octanol–water partition coefficient (Wildman–Crippen LogP) is 1.15. The molecule has 8 heteroatoms. The van der Waals surface area contributed by atoms with Gasteiger partial charge >= 0.3 is 0 Å². The average Bonchev–Trinajstić information content (AvgIpc) is 2.48. The lowest BCUT2D eigenvalue weighted by Crippen LogP contribution is -2.40. The number of nitrogens with zero attached hydrogens (tertiary/aromatic N) is 1. The highest BCUT2D eigenvalue weighted by molar-refractivity contribution is 7.89. The number of benzene rings is 1. The molecule has 2 fully saturated rings. The van der Waals surface area contributed by atoms with E-state index in [1.54, 1.807) is 0 Å². The van der Waals surface area contributed by atoms with Crippen molar-refractivity contribution in [2.75, 3.05) is 31.6 Å². The van der Waals surface area contributed by atoms with Crippen LogP contribution in [0.4, 0.5) is 5.69 Å². The zero-order valence-corrected chi connectivity index (χ0v) is 13.5. The number of hydrogen-bond donors (Lipinski definition) is 2. The molecule has 0 bridgehead atoms. The lowest BCUT2D eigenvalue weighted by atomic mass is 9.85. The Morgan fingerprint density at radius 3 is 2.57 bits per heavy atom. The summed E-state index contributed by atoms with van der Waals surface area (Å²) in [5.41, 5.74) is 0.135. The van der Waals surface area contributed by atoms with Gasteiger partial charge in [0.25, 0.3) is 0 Å². The molecular weight excluding hydrogens is 320 g/mol. The van der Waals surface area contributed by atoms with Crippen LogP contribution in [-0.4, -0.2) is 50.0 Å². The second-order valence-corrected chi connectivity index (χ2v) is 7.75. The molecule has 1 aromatic rings. The number of carbonyl (C=O) groups excluding carboxylic acids is 1. The molecular formula is C15H20N2O5S. The molecule has 1 amide bonds. The molecule has 3 rings (SSSR count). The highest BCUT2D eigenvalue weighted by Crippen LogP contribution is 2.31. The minimum atomic E-state index is -3.66. The van der Waals surface area contributed by atoms with E-state index in [-0.39, 0.29) is 28.2 Å². The molecule has 1 heterocycles. The molecule has 2 aliphatic rings. The summed E-state index contributed by atoms with van der Waals surface area (Å²) in [5.74, 6) is -0.361. The fourth-order valence-corrected chi connectivity index (χ4v) is 4.05. The smallest absolute Gasteiger partial charge is 0.243 e. The van der Waals surface area contributed by atoms with Crippen molar-refractivity contribution in [3.05, 3.63) is 18.2 Å². The van der Waals surface area contributed by atoms with Crippen LogP contribution >= 0.6 is 0 Å². The Balaban J connectivity index is 1.82. The van der Waals surface area contributed by atoms with Crippen molar-refractivity contribution in [3.63, 3.8) is 0 Å². The molecule has 0 unspecified atom stereocenters. The molecule has 1 saturated carbocycles. The van der Waals surface area contributed by atoms with Gasteiger partial charge in [0.05, 0.1) is 23.8 Å². The Kier molecular flexibility index (Phi) is 4.56. The molecule has 0 aromatic heterocycles. The summed E-state index contributed by atoms with van der Waals surface area (Å²) in [6.45, 7) is 1.32. The fraction of sp³-hybridized carbons (Fsp3) is 0.533. The van der Waals surface area contributed by atoms with Crippen LogP contribution in [0.15, 0.2) is 23.1 Å². The van der Waals surface area contributed by atoms with E-state index in [1.165, 1.54) is 22.5 Å². The largest absolute Gasteiger partial charge is 0.506 e. The van der Waals surface area contributed by atoms with E-state index in [0.717, 1.165) is 19.3 Å².